The van der Waals surface area contributed by atoms with Gasteiger partial charge in [0.15, 0.2) is 5.56 Å². The first-order chi connectivity index (χ1) is 11.5. The lowest BCUT2D eigenvalue weighted by Gasteiger charge is -2.13. The van der Waals surface area contributed by atoms with E-state index in [0.29, 0.717) is 17.7 Å². The van der Waals surface area contributed by atoms with Crippen molar-refractivity contribution in [1.82, 2.24) is 9.55 Å². The molecule has 6 nitrogen and oxygen atoms in total. The van der Waals surface area contributed by atoms with Gasteiger partial charge in [0.25, 0.3) is 5.56 Å². The number of hydrogen-bond donors (Lipinski definition) is 2. The zero-order chi connectivity index (χ0) is 17.4. The normalized spacial score (nSPS) is 11.0. The fraction of sp³-hybridized carbons (Fsp3) is 0.222. The largest absolute Gasteiger partial charge is 0.506 e. The van der Waals surface area contributed by atoms with Crippen LogP contribution in [0.3, 0.4) is 0 Å². The van der Waals surface area contributed by atoms with Crippen molar-refractivity contribution in [3.63, 3.8) is 0 Å². The predicted molar refractivity (Wildman–Crippen MR) is 91.4 cm³/mol. The number of pyridine rings is 1. The van der Waals surface area contributed by atoms with Crippen LogP contribution in [0, 0.1) is 0 Å². The Bertz CT molecular complexity index is 998. The van der Waals surface area contributed by atoms with Gasteiger partial charge < -0.3 is 19.4 Å². The zero-order valence-corrected chi connectivity index (χ0v) is 13.7. The van der Waals surface area contributed by atoms with E-state index in [4.69, 9.17) is 0 Å². The highest BCUT2D eigenvalue weighted by atomic mass is 16.5. The molecule has 0 fully saturated rings. The molecule has 0 aliphatic carbocycles. The van der Waals surface area contributed by atoms with Crippen molar-refractivity contribution < 1.29 is 14.6 Å². The van der Waals surface area contributed by atoms with Gasteiger partial charge in [-0.25, -0.2) is 4.79 Å². The number of aryl methyl sites for hydroxylation is 1. The molecule has 3 aromatic rings. The summed E-state index contributed by atoms with van der Waals surface area (Å²) in [6.45, 7) is 1.85. The molecule has 0 bridgehead atoms. The van der Waals surface area contributed by atoms with Crippen molar-refractivity contribution in [2.45, 2.75) is 13.3 Å². The van der Waals surface area contributed by atoms with E-state index in [1.165, 1.54) is 7.11 Å². The third-order valence-corrected chi connectivity index (χ3v) is 4.21. The molecular formula is C18H18N2O4. The van der Waals surface area contributed by atoms with Crippen LogP contribution in [-0.4, -0.2) is 27.7 Å². The number of ether oxygens (including phenoxy) is 1. The lowest BCUT2D eigenvalue weighted by molar-refractivity contribution is 0.0595. The summed E-state index contributed by atoms with van der Waals surface area (Å²) in [5.41, 5.74) is 1.83. The molecular weight excluding hydrogens is 308 g/mol. The van der Waals surface area contributed by atoms with Crippen LogP contribution in [0.2, 0.25) is 0 Å². The van der Waals surface area contributed by atoms with Crippen LogP contribution >= 0.6 is 0 Å². The minimum Gasteiger partial charge on any atom is -0.506 e. The van der Waals surface area contributed by atoms with E-state index in [2.05, 4.69) is 9.72 Å². The Hall–Kier alpha value is -3.02. The number of carbonyl (C=O) groups excluding carboxylic acids is 1. The molecule has 124 valence electrons. The zero-order valence-electron chi connectivity index (χ0n) is 13.7. The fourth-order valence-corrected chi connectivity index (χ4v) is 2.95. The van der Waals surface area contributed by atoms with E-state index in [-0.39, 0.29) is 11.3 Å². The predicted octanol–water partition coefficient (Wildman–Crippen LogP) is 2.59. The molecule has 2 heterocycles. The van der Waals surface area contributed by atoms with E-state index in [0.717, 1.165) is 16.5 Å². The van der Waals surface area contributed by atoms with E-state index < -0.39 is 11.5 Å². The Morgan fingerprint density at radius 1 is 1.33 bits per heavy atom. The summed E-state index contributed by atoms with van der Waals surface area (Å²) in [4.78, 5) is 26.7. The summed E-state index contributed by atoms with van der Waals surface area (Å²) >= 11 is 0. The number of H-pyrrole nitrogens is 1. The second kappa shape index (κ2) is 5.88. The van der Waals surface area contributed by atoms with Crippen LogP contribution in [0.15, 0.2) is 35.3 Å². The van der Waals surface area contributed by atoms with Crippen molar-refractivity contribution in [2.24, 2.45) is 7.05 Å². The smallest absolute Gasteiger partial charge is 0.347 e. The highest BCUT2D eigenvalue weighted by Gasteiger charge is 2.23. The Morgan fingerprint density at radius 3 is 2.75 bits per heavy atom. The van der Waals surface area contributed by atoms with Crippen LogP contribution in [0.1, 0.15) is 22.8 Å². The van der Waals surface area contributed by atoms with Gasteiger partial charge >= 0.3 is 5.97 Å². The molecule has 0 saturated heterocycles. The number of carbonyl (C=O) groups is 1. The van der Waals surface area contributed by atoms with Gasteiger partial charge in [0.05, 0.1) is 12.8 Å². The van der Waals surface area contributed by atoms with Gasteiger partial charge in [-0.2, -0.15) is 0 Å². The number of aromatic hydroxyl groups is 1. The van der Waals surface area contributed by atoms with E-state index in [1.807, 2.05) is 49.0 Å². The molecule has 2 aromatic heterocycles. The van der Waals surface area contributed by atoms with Crippen LogP contribution in [0.4, 0.5) is 0 Å². The minimum absolute atomic E-state index is 0.323. The van der Waals surface area contributed by atoms with Gasteiger partial charge in [-0.05, 0) is 30.2 Å². The van der Waals surface area contributed by atoms with Crippen LogP contribution in [0.5, 0.6) is 5.75 Å². The van der Waals surface area contributed by atoms with E-state index in [1.54, 1.807) is 0 Å². The highest BCUT2D eigenvalue weighted by Crippen LogP contribution is 2.31. The monoisotopic (exact) mass is 326 g/mol. The lowest BCUT2D eigenvalue weighted by atomic mass is 9.99. The highest BCUT2D eigenvalue weighted by molar-refractivity contribution is 5.94. The number of rotatable bonds is 3. The summed E-state index contributed by atoms with van der Waals surface area (Å²) in [5.74, 6) is -1.18. The van der Waals surface area contributed by atoms with Gasteiger partial charge in [-0.3, -0.25) is 4.79 Å². The number of methoxy groups -OCH3 is 1. The van der Waals surface area contributed by atoms with Crippen molar-refractivity contribution in [3.8, 4) is 17.0 Å². The summed E-state index contributed by atoms with van der Waals surface area (Å²) in [6.07, 6.45) is 2.41. The molecule has 0 spiro atoms. The first kappa shape index (κ1) is 15.9. The number of nitrogens with one attached hydrogen (secondary N) is 1. The number of aromatic nitrogens is 2. The second-order valence-electron chi connectivity index (χ2n) is 5.58. The maximum atomic E-state index is 12.2. The topological polar surface area (TPSA) is 84.3 Å². The Morgan fingerprint density at radius 2 is 2.08 bits per heavy atom. The lowest BCUT2D eigenvalue weighted by Crippen LogP contribution is -2.21. The van der Waals surface area contributed by atoms with Crippen molar-refractivity contribution in [3.05, 3.63) is 51.9 Å². The molecule has 3 rings (SSSR count). The number of esters is 1. The maximum absolute atomic E-state index is 12.2. The molecule has 24 heavy (non-hydrogen) atoms. The number of hydrogen-bond acceptors (Lipinski definition) is 4. The van der Waals surface area contributed by atoms with Crippen LogP contribution < -0.4 is 5.56 Å². The van der Waals surface area contributed by atoms with Gasteiger partial charge in [-0.1, -0.05) is 13.0 Å². The number of benzene rings is 1. The van der Waals surface area contributed by atoms with Crippen LogP contribution in [-0.2, 0) is 18.2 Å². The number of fused-ring (bicyclic) bond motifs is 1. The SMILES string of the molecule is CCc1c(-c2ccc3c(ccn3C)c2)[nH]c(=O)c(C(=O)OC)c1O. The molecule has 0 amide bonds. The summed E-state index contributed by atoms with van der Waals surface area (Å²) < 4.78 is 6.58. The Kier molecular flexibility index (Phi) is 3.89. The number of aromatic amines is 1. The molecule has 0 aliphatic heterocycles. The third kappa shape index (κ3) is 2.36. The van der Waals surface area contributed by atoms with E-state index in [9.17, 15) is 14.7 Å². The molecule has 6 heteroatoms. The molecule has 0 aliphatic rings. The molecule has 0 radical (unpaired) electrons. The van der Waals surface area contributed by atoms with Crippen molar-refractivity contribution in [2.75, 3.05) is 7.11 Å². The van der Waals surface area contributed by atoms with Gasteiger partial charge in [0.1, 0.15) is 5.75 Å². The molecule has 2 N–H and O–H groups in total. The molecule has 0 saturated carbocycles. The Balaban J connectivity index is 2.26. The molecule has 0 atom stereocenters. The fourth-order valence-electron chi connectivity index (χ4n) is 2.95. The quantitative estimate of drug-likeness (QED) is 0.725. The average Bonchev–Trinajstić information content (AvgIpc) is 2.94. The summed E-state index contributed by atoms with van der Waals surface area (Å²) in [6, 6.07) is 7.75. The minimum atomic E-state index is -0.853. The summed E-state index contributed by atoms with van der Waals surface area (Å²) in [7, 11) is 3.13. The number of nitrogens with zero attached hydrogens (tertiary/aromatic N) is 1. The maximum Gasteiger partial charge on any atom is 0.347 e. The van der Waals surface area contributed by atoms with Crippen LogP contribution in [0.25, 0.3) is 22.2 Å². The Labute approximate surface area is 138 Å². The van der Waals surface area contributed by atoms with Crippen molar-refractivity contribution in [1.29, 1.82) is 0 Å². The van der Waals surface area contributed by atoms with Gasteiger partial charge in [-0.15, -0.1) is 0 Å². The second-order valence-corrected chi connectivity index (χ2v) is 5.58. The van der Waals surface area contributed by atoms with Gasteiger partial charge in [0, 0.05) is 29.7 Å². The van der Waals surface area contributed by atoms with Gasteiger partial charge in [0.2, 0.25) is 0 Å². The first-order valence-electron chi connectivity index (χ1n) is 7.59. The average molecular weight is 326 g/mol. The molecule has 1 aromatic carbocycles. The summed E-state index contributed by atoms with van der Waals surface area (Å²) in [5, 5.41) is 11.4. The molecule has 0 unspecified atom stereocenters. The first-order valence-corrected chi connectivity index (χ1v) is 7.59. The third-order valence-electron chi connectivity index (χ3n) is 4.21. The van der Waals surface area contributed by atoms with E-state index >= 15 is 0 Å². The van der Waals surface area contributed by atoms with Crippen molar-refractivity contribution >= 4 is 16.9 Å². The standard InChI is InChI=1S/C18H18N2O4/c1-4-12-15(19-17(22)14(16(12)21)18(23)24-3)11-5-6-13-10(9-11)7-8-20(13)2/h5-9H,4H2,1-3H3,(H2,19,21,22).